The van der Waals surface area contributed by atoms with Gasteiger partial charge in [-0.15, -0.1) is 0 Å². The van der Waals surface area contributed by atoms with E-state index in [1.54, 1.807) is 11.2 Å². The van der Waals surface area contributed by atoms with Gasteiger partial charge in [-0.25, -0.2) is 4.99 Å². The van der Waals surface area contributed by atoms with Gasteiger partial charge < -0.3 is 18.6 Å². The van der Waals surface area contributed by atoms with E-state index >= 15 is 0 Å². The van der Waals surface area contributed by atoms with E-state index in [0.717, 1.165) is 5.46 Å². The van der Waals surface area contributed by atoms with Crippen molar-refractivity contribution in [1.29, 1.82) is 5.26 Å². The predicted molar refractivity (Wildman–Crippen MR) is 93.8 cm³/mol. The first-order chi connectivity index (χ1) is 11.4. The number of nitrogens with zero attached hydrogens (tertiary/aromatic N) is 3. The lowest BCUT2D eigenvalue weighted by Crippen LogP contribution is -2.47. The van der Waals surface area contributed by atoms with Gasteiger partial charge in [0.15, 0.2) is 0 Å². The quantitative estimate of drug-likeness (QED) is 0.492. The molecule has 24 heavy (non-hydrogen) atoms. The fraction of sp³-hybridized carbons (Fsp3) is 0.412. The number of nitriles is 1. The molecule has 2 aromatic rings. The third-order valence-corrected chi connectivity index (χ3v) is 3.75. The van der Waals surface area contributed by atoms with Crippen LogP contribution in [0.1, 0.15) is 19.4 Å². The standard InChI is InChI=1S/C17H20BN3O3/c1-17(2)9-22-18(23-10-17)13-6-5-7-14-15(13)12(8-19)16(24-14)20-11-21(3)4/h5-7,11H,9-10H2,1-4H3. The van der Waals surface area contributed by atoms with Crippen molar-refractivity contribution in [3.63, 3.8) is 0 Å². The molecule has 0 radical (unpaired) electrons. The molecule has 1 aliphatic heterocycles. The van der Waals surface area contributed by atoms with Gasteiger partial charge in [0.2, 0.25) is 5.88 Å². The highest BCUT2D eigenvalue weighted by atomic mass is 16.6. The van der Waals surface area contributed by atoms with Crippen LogP contribution in [0.3, 0.4) is 0 Å². The Morgan fingerprint density at radius 1 is 1.29 bits per heavy atom. The van der Waals surface area contributed by atoms with Crippen molar-refractivity contribution in [1.82, 2.24) is 4.90 Å². The van der Waals surface area contributed by atoms with Gasteiger partial charge >= 0.3 is 7.12 Å². The van der Waals surface area contributed by atoms with Crippen molar-refractivity contribution in [3.8, 4) is 6.07 Å². The van der Waals surface area contributed by atoms with Crippen molar-refractivity contribution >= 4 is 35.8 Å². The number of hydrogen-bond acceptors (Lipinski definition) is 5. The molecule has 1 aromatic carbocycles. The van der Waals surface area contributed by atoms with Crippen LogP contribution in [0.4, 0.5) is 5.88 Å². The molecule has 1 fully saturated rings. The van der Waals surface area contributed by atoms with Gasteiger partial charge in [-0.05, 0) is 11.5 Å². The van der Waals surface area contributed by atoms with Gasteiger partial charge in [0.05, 0.1) is 6.34 Å². The van der Waals surface area contributed by atoms with E-state index in [2.05, 4.69) is 24.9 Å². The molecule has 0 saturated carbocycles. The summed E-state index contributed by atoms with van der Waals surface area (Å²) in [5.74, 6) is 0.296. The minimum atomic E-state index is -0.503. The summed E-state index contributed by atoms with van der Waals surface area (Å²) < 4.78 is 17.5. The Kier molecular flexibility index (Phi) is 4.35. The Balaban J connectivity index is 2.05. The number of benzene rings is 1. The summed E-state index contributed by atoms with van der Waals surface area (Å²) in [6.07, 6.45) is 1.61. The fourth-order valence-electron chi connectivity index (χ4n) is 2.59. The lowest BCUT2D eigenvalue weighted by molar-refractivity contribution is 0.0344. The third-order valence-electron chi connectivity index (χ3n) is 3.75. The minimum absolute atomic E-state index is 0.0139. The average molecular weight is 325 g/mol. The van der Waals surface area contributed by atoms with E-state index in [4.69, 9.17) is 13.7 Å². The molecule has 2 heterocycles. The maximum atomic E-state index is 9.60. The van der Waals surface area contributed by atoms with E-state index in [1.807, 2.05) is 32.3 Å². The summed E-state index contributed by atoms with van der Waals surface area (Å²) in [7, 11) is 3.21. The maximum Gasteiger partial charge on any atom is 0.494 e. The molecule has 0 amide bonds. The minimum Gasteiger partial charge on any atom is -0.437 e. The van der Waals surface area contributed by atoms with Crippen LogP contribution >= 0.6 is 0 Å². The number of aliphatic imine (C=N–C) groups is 1. The number of furan rings is 1. The van der Waals surface area contributed by atoms with Gasteiger partial charge in [0.25, 0.3) is 0 Å². The Morgan fingerprint density at radius 2 is 2.00 bits per heavy atom. The van der Waals surface area contributed by atoms with E-state index in [1.165, 1.54) is 0 Å². The second-order valence-electron chi connectivity index (χ2n) is 6.94. The molecular weight excluding hydrogens is 305 g/mol. The molecule has 0 spiro atoms. The summed E-state index contributed by atoms with van der Waals surface area (Å²) in [5, 5.41) is 10.3. The van der Waals surface area contributed by atoms with Crippen molar-refractivity contribution < 1.29 is 13.7 Å². The molecule has 0 atom stereocenters. The van der Waals surface area contributed by atoms with Gasteiger partial charge in [-0.1, -0.05) is 26.0 Å². The fourth-order valence-corrected chi connectivity index (χ4v) is 2.59. The lowest BCUT2D eigenvalue weighted by atomic mass is 9.73. The van der Waals surface area contributed by atoms with E-state index in [0.29, 0.717) is 35.6 Å². The average Bonchev–Trinajstić information content (AvgIpc) is 2.90. The van der Waals surface area contributed by atoms with Gasteiger partial charge in [0.1, 0.15) is 17.2 Å². The van der Waals surface area contributed by atoms with Crippen molar-refractivity contribution in [3.05, 3.63) is 23.8 Å². The Bertz CT molecular complexity index is 810. The van der Waals surface area contributed by atoms with Crippen LogP contribution in [0.15, 0.2) is 27.6 Å². The van der Waals surface area contributed by atoms with Gasteiger partial charge in [-0.2, -0.15) is 5.26 Å². The molecule has 0 bridgehead atoms. The Labute approximate surface area is 141 Å². The van der Waals surface area contributed by atoms with Crippen molar-refractivity contribution in [2.75, 3.05) is 27.3 Å². The monoisotopic (exact) mass is 325 g/mol. The summed E-state index contributed by atoms with van der Waals surface area (Å²) in [5.41, 5.74) is 1.79. The van der Waals surface area contributed by atoms with Gasteiger partial charge in [0, 0.05) is 38.1 Å². The topological polar surface area (TPSA) is 71.0 Å². The number of hydrogen-bond donors (Lipinski definition) is 0. The van der Waals surface area contributed by atoms with Crippen LogP contribution in [0.5, 0.6) is 0 Å². The zero-order valence-corrected chi connectivity index (χ0v) is 14.4. The van der Waals surface area contributed by atoms with Crippen LogP contribution in [-0.2, 0) is 9.31 Å². The molecule has 1 aliphatic rings. The maximum absolute atomic E-state index is 9.60. The Hall–Kier alpha value is -2.30. The van der Waals surface area contributed by atoms with Crippen LogP contribution < -0.4 is 5.46 Å². The smallest absolute Gasteiger partial charge is 0.437 e. The highest BCUT2D eigenvalue weighted by Crippen LogP contribution is 2.31. The first-order valence-corrected chi connectivity index (χ1v) is 7.80. The first kappa shape index (κ1) is 16.6. The normalized spacial score (nSPS) is 17.4. The summed E-state index contributed by atoms with van der Waals surface area (Å²) in [4.78, 5) is 6.04. The van der Waals surface area contributed by atoms with E-state index < -0.39 is 7.12 Å². The molecule has 6 nitrogen and oxygen atoms in total. The molecule has 3 rings (SSSR count). The largest absolute Gasteiger partial charge is 0.494 e. The number of fused-ring (bicyclic) bond motifs is 1. The second-order valence-corrected chi connectivity index (χ2v) is 6.94. The van der Waals surface area contributed by atoms with Crippen LogP contribution in [0.2, 0.25) is 0 Å². The van der Waals surface area contributed by atoms with Crippen molar-refractivity contribution in [2.45, 2.75) is 13.8 Å². The van der Waals surface area contributed by atoms with Crippen LogP contribution in [0.25, 0.3) is 11.0 Å². The van der Waals surface area contributed by atoms with Crippen LogP contribution in [-0.4, -0.2) is 45.7 Å². The highest BCUT2D eigenvalue weighted by molar-refractivity contribution is 6.64. The SMILES string of the molecule is CN(C)C=Nc1oc2cccc(B3OCC(C)(C)CO3)c2c1C#N. The summed E-state index contributed by atoms with van der Waals surface area (Å²) in [6, 6.07) is 7.79. The zero-order chi connectivity index (χ0) is 17.3. The summed E-state index contributed by atoms with van der Waals surface area (Å²) in [6.45, 7) is 5.38. The molecular formula is C17H20BN3O3. The highest BCUT2D eigenvalue weighted by Gasteiger charge is 2.35. The first-order valence-electron chi connectivity index (χ1n) is 7.80. The van der Waals surface area contributed by atoms with Crippen LogP contribution in [0, 0.1) is 16.7 Å². The van der Waals surface area contributed by atoms with Crippen molar-refractivity contribution in [2.24, 2.45) is 10.4 Å². The van der Waals surface area contributed by atoms with Gasteiger partial charge in [-0.3, -0.25) is 0 Å². The molecule has 1 saturated heterocycles. The molecule has 124 valence electrons. The lowest BCUT2D eigenvalue weighted by Gasteiger charge is -2.33. The Morgan fingerprint density at radius 3 is 2.62 bits per heavy atom. The van der Waals surface area contributed by atoms with E-state index in [-0.39, 0.29) is 5.41 Å². The molecule has 0 unspecified atom stereocenters. The molecule has 1 aromatic heterocycles. The molecule has 0 aliphatic carbocycles. The predicted octanol–water partition coefficient (Wildman–Crippen LogP) is 2.29. The zero-order valence-electron chi connectivity index (χ0n) is 14.4. The second kappa shape index (κ2) is 6.31. The number of rotatable bonds is 3. The molecule has 7 heteroatoms. The molecule has 0 N–H and O–H groups in total. The van der Waals surface area contributed by atoms with E-state index in [9.17, 15) is 5.26 Å². The third kappa shape index (κ3) is 3.16. The summed E-state index contributed by atoms with van der Waals surface area (Å²) >= 11 is 0.